The van der Waals surface area contributed by atoms with Gasteiger partial charge in [-0.3, -0.25) is 9.59 Å². The summed E-state index contributed by atoms with van der Waals surface area (Å²) in [6.07, 6.45) is 0.873. The number of carbonyl (C=O) groups excluding carboxylic acids is 2. The van der Waals surface area contributed by atoms with Gasteiger partial charge in [-0.15, -0.1) is 0 Å². The Kier molecular flexibility index (Phi) is 6.58. The molecule has 1 heterocycles. The molecule has 0 atom stereocenters. The van der Waals surface area contributed by atoms with Gasteiger partial charge in [0.15, 0.2) is 10.4 Å². The van der Waals surface area contributed by atoms with Crippen LogP contribution in [0.4, 0.5) is 0 Å². The summed E-state index contributed by atoms with van der Waals surface area (Å²) in [5.74, 6) is -0.445. The molecule has 1 aromatic rings. The standard InChI is InChI=1S/C12H18BrN3O3/c1-16(2)7-3-6-14-11(17)8-15-12(18)9-4-5-10(13)19-9/h4-5H,3,6-8H2,1-2H3,(H,14,17)(H,15,18). The Hall–Kier alpha value is -1.34. The summed E-state index contributed by atoms with van der Waals surface area (Å²) in [5.41, 5.74) is 0. The largest absolute Gasteiger partial charge is 0.444 e. The van der Waals surface area contributed by atoms with Gasteiger partial charge in [-0.25, -0.2) is 0 Å². The second-order valence-electron chi connectivity index (χ2n) is 4.29. The van der Waals surface area contributed by atoms with Gasteiger partial charge in [0.25, 0.3) is 5.91 Å². The second kappa shape index (κ2) is 7.96. The average Bonchev–Trinajstić information content (AvgIpc) is 2.78. The molecule has 1 aromatic heterocycles. The average molecular weight is 332 g/mol. The highest BCUT2D eigenvalue weighted by atomic mass is 79.9. The van der Waals surface area contributed by atoms with Crippen molar-refractivity contribution < 1.29 is 14.0 Å². The van der Waals surface area contributed by atoms with E-state index < -0.39 is 5.91 Å². The van der Waals surface area contributed by atoms with Crippen LogP contribution in [0.5, 0.6) is 0 Å². The molecule has 6 nitrogen and oxygen atoms in total. The van der Waals surface area contributed by atoms with Gasteiger partial charge in [-0.1, -0.05) is 0 Å². The summed E-state index contributed by atoms with van der Waals surface area (Å²) in [5, 5.41) is 5.22. The van der Waals surface area contributed by atoms with Crippen molar-refractivity contribution in [2.45, 2.75) is 6.42 Å². The molecule has 0 aliphatic carbocycles. The van der Waals surface area contributed by atoms with E-state index in [-0.39, 0.29) is 18.2 Å². The summed E-state index contributed by atoms with van der Waals surface area (Å²) in [7, 11) is 3.95. The fraction of sp³-hybridized carbons (Fsp3) is 0.500. The van der Waals surface area contributed by atoms with Crippen LogP contribution in [0.25, 0.3) is 0 Å². The first kappa shape index (κ1) is 15.7. The summed E-state index contributed by atoms with van der Waals surface area (Å²) in [4.78, 5) is 25.1. The first-order valence-corrected chi connectivity index (χ1v) is 6.73. The second-order valence-corrected chi connectivity index (χ2v) is 5.07. The van der Waals surface area contributed by atoms with E-state index in [0.29, 0.717) is 11.2 Å². The molecule has 1 rings (SSSR count). The van der Waals surface area contributed by atoms with Gasteiger partial charge in [0.2, 0.25) is 5.91 Å². The number of nitrogens with one attached hydrogen (secondary N) is 2. The Bertz CT molecular complexity index is 432. The Morgan fingerprint density at radius 2 is 2.05 bits per heavy atom. The van der Waals surface area contributed by atoms with Crippen LogP contribution in [0, 0.1) is 0 Å². The Morgan fingerprint density at radius 3 is 2.63 bits per heavy atom. The van der Waals surface area contributed by atoms with Crippen LogP contribution in [0.3, 0.4) is 0 Å². The minimum atomic E-state index is -0.408. The molecule has 2 amide bonds. The maximum absolute atomic E-state index is 11.6. The summed E-state index contributed by atoms with van der Waals surface area (Å²) < 4.78 is 5.55. The van der Waals surface area contributed by atoms with Crippen molar-refractivity contribution in [2.75, 3.05) is 33.7 Å². The number of hydrogen-bond acceptors (Lipinski definition) is 4. The third-order valence-corrected chi connectivity index (χ3v) is 2.74. The van der Waals surface area contributed by atoms with Crippen LogP contribution in [0.15, 0.2) is 21.2 Å². The van der Waals surface area contributed by atoms with E-state index in [9.17, 15) is 9.59 Å². The van der Waals surface area contributed by atoms with Gasteiger partial charge >= 0.3 is 0 Å². The predicted molar refractivity (Wildman–Crippen MR) is 74.9 cm³/mol. The highest BCUT2D eigenvalue weighted by Gasteiger charge is 2.11. The predicted octanol–water partition coefficient (Wildman–Crippen LogP) is 0.840. The third kappa shape index (κ3) is 6.40. The fourth-order valence-electron chi connectivity index (χ4n) is 1.37. The van der Waals surface area contributed by atoms with Gasteiger partial charge in [0.1, 0.15) is 0 Å². The zero-order chi connectivity index (χ0) is 14.3. The lowest BCUT2D eigenvalue weighted by Crippen LogP contribution is -2.37. The van der Waals surface area contributed by atoms with Crippen LogP contribution in [-0.2, 0) is 4.79 Å². The van der Waals surface area contributed by atoms with E-state index in [4.69, 9.17) is 4.42 Å². The van der Waals surface area contributed by atoms with Gasteiger partial charge in [0, 0.05) is 6.54 Å². The molecule has 0 aliphatic heterocycles. The van der Waals surface area contributed by atoms with Crippen molar-refractivity contribution in [1.82, 2.24) is 15.5 Å². The molecule has 0 spiro atoms. The summed E-state index contributed by atoms with van der Waals surface area (Å²) in [6, 6.07) is 3.16. The lowest BCUT2D eigenvalue weighted by molar-refractivity contribution is -0.120. The van der Waals surface area contributed by atoms with E-state index >= 15 is 0 Å². The van der Waals surface area contributed by atoms with E-state index in [0.717, 1.165) is 13.0 Å². The molecular weight excluding hydrogens is 314 g/mol. The maximum Gasteiger partial charge on any atom is 0.287 e. The van der Waals surface area contributed by atoms with Gasteiger partial charge in [-0.2, -0.15) is 0 Å². The molecule has 19 heavy (non-hydrogen) atoms. The van der Waals surface area contributed by atoms with Gasteiger partial charge < -0.3 is 20.0 Å². The molecule has 0 aromatic carbocycles. The number of rotatable bonds is 7. The van der Waals surface area contributed by atoms with Crippen LogP contribution in [-0.4, -0.2) is 50.4 Å². The molecular formula is C12H18BrN3O3. The van der Waals surface area contributed by atoms with Crippen molar-refractivity contribution in [2.24, 2.45) is 0 Å². The number of amides is 2. The first-order valence-electron chi connectivity index (χ1n) is 5.94. The number of hydrogen-bond donors (Lipinski definition) is 2. The number of halogens is 1. The molecule has 0 saturated carbocycles. The number of nitrogens with zero attached hydrogens (tertiary/aromatic N) is 1. The van der Waals surface area contributed by atoms with Gasteiger partial charge in [0.05, 0.1) is 6.54 Å². The Labute approximate surface area is 120 Å². The summed E-state index contributed by atoms with van der Waals surface area (Å²) >= 11 is 3.10. The zero-order valence-corrected chi connectivity index (χ0v) is 12.6. The number of carbonyl (C=O) groups is 2. The molecule has 106 valence electrons. The molecule has 0 unspecified atom stereocenters. The minimum Gasteiger partial charge on any atom is -0.444 e. The van der Waals surface area contributed by atoms with Crippen molar-refractivity contribution in [3.63, 3.8) is 0 Å². The van der Waals surface area contributed by atoms with E-state index in [1.165, 1.54) is 6.07 Å². The lowest BCUT2D eigenvalue weighted by atomic mass is 10.4. The van der Waals surface area contributed by atoms with Crippen LogP contribution < -0.4 is 10.6 Å². The van der Waals surface area contributed by atoms with Crippen LogP contribution in [0.1, 0.15) is 17.0 Å². The quantitative estimate of drug-likeness (QED) is 0.726. The molecule has 2 N–H and O–H groups in total. The fourth-order valence-corrected chi connectivity index (χ4v) is 1.68. The van der Waals surface area contributed by atoms with E-state index in [1.54, 1.807) is 6.07 Å². The molecule has 0 bridgehead atoms. The molecule has 0 radical (unpaired) electrons. The Balaban J connectivity index is 2.18. The lowest BCUT2D eigenvalue weighted by Gasteiger charge is -2.10. The van der Waals surface area contributed by atoms with Crippen molar-refractivity contribution in [3.05, 3.63) is 22.6 Å². The van der Waals surface area contributed by atoms with E-state index in [2.05, 4.69) is 26.6 Å². The summed E-state index contributed by atoms with van der Waals surface area (Å²) in [6.45, 7) is 1.45. The molecule has 0 aliphatic rings. The van der Waals surface area contributed by atoms with Crippen molar-refractivity contribution in [3.8, 4) is 0 Å². The van der Waals surface area contributed by atoms with E-state index in [1.807, 2.05) is 19.0 Å². The van der Waals surface area contributed by atoms with Gasteiger partial charge in [-0.05, 0) is 55.1 Å². The number of furan rings is 1. The molecule has 0 fully saturated rings. The topological polar surface area (TPSA) is 74.6 Å². The zero-order valence-electron chi connectivity index (χ0n) is 11.0. The normalized spacial score (nSPS) is 10.5. The van der Waals surface area contributed by atoms with Crippen LogP contribution in [0.2, 0.25) is 0 Å². The van der Waals surface area contributed by atoms with Crippen molar-refractivity contribution in [1.29, 1.82) is 0 Å². The Morgan fingerprint density at radius 1 is 1.32 bits per heavy atom. The highest BCUT2D eigenvalue weighted by Crippen LogP contribution is 2.13. The van der Waals surface area contributed by atoms with Crippen LogP contribution >= 0.6 is 15.9 Å². The SMILES string of the molecule is CN(C)CCCNC(=O)CNC(=O)c1ccc(Br)o1. The smallest absolute Gasteiger partial charge is 0.287 e. The highest BCUT2D eigenvalue weighted by molar-refractivity contribution is 9.10. The first-order chi connectivity index (χ1) is 8.99. The maximum atomic E-state index is 11.6. The molecule has 0 saturated heterocycles. The minimum absolute atomic E-state index is 0.0564. The monoisotopic (exact) mass is 331 g/mol. The molecule has 7 heteroatoms. The van der Waals surface area contributed by atoms with Crippen molar-refractivity contribution >= 4 is 27.7 Å². The third-order valence-electron chi connectivity index (χ3n) is 2.31.